The number of nitrogens with one attached hydrogen (secondary N) is 1. The lowest BCUT2D eigenvalue weighted by atomic mass is 10.2. The average molecular weight is 293 g/mol. The number of benzene rings is 1. The molecule has 1 aromatic heterocycles. The van der Waals surface area contributed by atoms with Crippen LogP contribution in [0.2, 0.25) is 5.02 Å². The zero-order valence-electron chi connectivity index (χ0n) is 11.7. The molecule has 106 valence electrons. The van der Waals surface area contributed by atoms with Crippen LogP contribution in [0.25, 0.3) is 0 Å². The lowest BCUT2D eigenvalue weighted by molar-refractivity contribution is 0.355. The van der Waals surface area contributed by atoms with Gasteiger partial charge in [0.25, 0.3) is 0 Å². The van der Waals surface area contributed by atoms with Gasteiger partial charge in [-0.1, -0.05) is 17.7 Å². The van der Waals surface area contributed by atoms with Gasteiger partial charge in [-0.25, -0.2) is 0 Å². The number of hydrogen-bond acceptors (Lipinski definition) is 4. The standard InChI is InChI=1S/C15H17ClN2O2/c1-10-12(5-4-8-17-10)18-9-11-6-7-13(19-2)15(20-3)14(11)16/h4-8,18H,9H2,1-3H3. The minimum Gasteiger partial charge on any atom is -0.493 e. The first-order valence-electron chi connectivity index (χ1n) is 6.22. The maximum absolute atomic E-state index is 6.34. The molecule has 1 N–H and O–H groups in total. The molecule has 0 aliphatic carbocycles. The zero-order valence-corrected chi connectivity index (χ0v) is 12.5. The molecule has 0 saturated carbocycles. The van der Waals surface area contributed by atoms with E-state index in [1.165, 1.54) is 0 Å². The summed E-state index contributed by atoms with van der Waals surface area (Å²) in [6.45, 7) is 2.55. The highest BCUT2D eigenvalue weighted by Crippen LogP contribution is 2.37. The summed E-state index contributed by atoms with van der Waals surface area (Å²) < 4.78 is 10.5. The summed E-state index contributed by atoms with van der Waals surface area (Å²) in [4.78, 5) is 4.23. The van der Waals surface area contributed by atoms with E-state index in [2.05, 4.69) is 10.3 Å². The third kappa shape index (κ3) is 2.96. The first-order valence-corrected chi connectivity index (χ1v) is 6.60. The largest absolute Gasteiger partial charge is 0.493 e. The number of hydrogen-bond donors (Lipinski definition) is 1. The molecular weight excluding hydrogens is 276 g/mol. The third-order valence-corrected chi connectivity index (χ3v) is 3.46. The van der Waals surface area contributed by atoms with E-state index in [0.717, 1.165) is 16.9 Å². The van der Waals surface area contributed by atoms with Crippen LogP contribution in [0.5, 0.6) is 11.5 Å². The van der Waals surface area contributed by atoms with Gasteiger partial charge >= 0.3 is 0 Å². The quantitative estimate of drug-likeness (QED) is 0.913. The average Bonchev–Trinajstić information content (AvgIpc) is 2.47. The predicted molar refractivity (Wildman–Crippen MR) is 80.9 cm³/mol. The smallest absolute Gasteiger partial charge is 0.179 e. The van der Waals surface area contributed by atoms with E-state index >= 15 is 0 Å². The van der Waals surface area contributed by atoms with E-state index in [9.17, 15) is 0 Å². The molecule has 2 aromatic rings. The minimum absolute atomic E-state index is 0.552. The summed E-state index contributed by atoms with van der Waals surface area (Å²) in [5.41, 5.74) is 2.87. The van der Waals surface area contributed by atoms with Crippen molar-refractivity contribution in [3.8, 4) is 11.5 Å². The highest BCUT2D eigenvalue weighted by Gasteiger charge is 2.13. The zero-order chi connectivity index (χ0) is 14.5. The minimum atomic E-state index is 0.552. The van der Waals surface area contributed by atoms with Crippen LogP contribution in [0, 0.1) is 6.92 Å². The van der Waals surface area contributed by atoms with Gasteiger partial charge in [-0.05, 0) is 30.7 Å². The highest BCUT2D eigenvalue weighted by molar-refractivity contribution is 6.33. The van der Waals surface area contributed by atoms with Gasteiger partial charge in [-0.2, -0.15) is 0 Å². The van der Waals surface area contributed by atoms with E-state index in [-0.39, 0.29) is 0 Å². The maximum Gasteiger partial charge on any atom is 0.179 e. The van der Waals surface area contributed by atoms with E-state index in [4.69, 9.17) is 21.1 Å². The Bertz CT molecular complexity index is 602. The van der Waals surface area contributed by atoms with Crippen molar-refractivity contribution in [1.82, 2.24) is 4.98 Å². The van der Waals surface area contributed by atoms with Gasteiger partial charge in [0.2, 0.25) is 0 Å². The number of anilines is 1. The molecule has 0 radical (unpaired) electrons. The highest BCUT2D eigenvalue weighted by atomic mass is 35.5. The van der Waals surface area contributed by atoms with Gasteiger partial charge in [0.1, 0.15) is 0 Å². The molecule has 2 rings (SSSR count). The fourth-order valence-electron chi connectivity index (χ4n) is 1.93. The van der Waals surface area contributed by atoms with E-state index < -0.39 is 0 Å². The molecule has 5 heteroatoms. The molecule has 0 aliphatic rings. The number of aryl methyl sites for hydroxylation is 1. The molecule has 4 nitrogen and oxygen atoms in total. The van der Waals surface area contributed by atoms with E-state index in [1.54, 1.807) is 20.4 Å². The summed E-state index contributed by atoms with van der Waals surface area (Å²) >= 11 is 6.34. The first kappa shape index (κ1) is 14.5. The predicted octanol–water partition coefficient (Wildman–Crippen LogP) is 3.67. The maximum atomic E-state index is 6.34. The second kappa shape index (κ2) is 6.48. The molecule has 0 saturated heterocycles. The van der Waals surface area contributed by atoms with Crippen molar-refractivity contribution in [3.05, 3.63) is 46.7 Å². The number of aromatic nitrogens is 1. The normalized spacial score (nSPS) is 10.2. The molecule has 0 atom stereocenters. The topological polar surface area (TPSA) is 43.4 Å². The Labute approximate surface area is 123 Å². The third-order valence-electron chi connectivity index (χ3n) is 3.04. The number of halogens is 1. The lowest BCUT2D eigenvalue weighted by Crippen LogP contribution is -2.03. The van der Waals surface area contributed by atoms with Gasteiger partial charge in [0.15, 0.2) is 11.5 Å². The number of rotatable bonds is 5. The summed E-state index contributed by atoms with van der Waals surface area (Å²) in [5.74, 6) is 1.18. The van der Waals surface area contributed by atoms with Crippen LogP contribution in [0.4, 0.5) is 5.69 Å². The van der Waals surface area contributed by atoms with Crippen molar-refractivity contribution in [2.75, 3.05) is 19.5 Å². The monoisotopic (exact) mass is 292 g/mol. The lowest BCUT2D eigenvalue weighted by Gasteiger charge is -2.14. The van der Waals surface area contributed by atoms with Crippen molar-refractivity contribution in [2.45, 2.75) is 13.5 Å². The van der Waals surface area contributed by atoms with Crippen molar-refractivity contribution >= 4 is 17.3 Å². The molecule has 0 unspecified atom stereocenters. The van der Waals surface area contributed by atoms with Crippen LogP contribution in [0.1, 0.15) is 11.3 Å². The van der Waals surface area contributed by atoms with Gasteiger partial charge in [0.05, 0.1) is 30.6 Å². The Balaban J connectivity index is 2.20. The van der Waals surface area contributed by atoms with Crippen LogP contribution in [0.15, 0.2) is 30.5 Å². The number of methoxy groups -OCH3 is 2. The number of ether oxygens (including phenoxy) is 2. The van der Waals surface area contributed by atoms with Gasteiger partial charge in [-0.15, -0.1) is 0 Å². The number of nitrogens with zero attached hydrogens (tertiary/aromatic N) is 1. The van der Waals surface area contributed by atoms with Crippen LogP contribution < -0.4 is 14.8 Å². The Morgan fingerprint density at radius 3 is 2.65 bits per heavy atom. The fraction of sp³-hybridized carbons (Fsp3) is 0.267. The van der Waals surface area contributed by atoms with Crippen LogP contribution in [-0.2, 0) is 6.54 Å². The van der Waals surface area contributed by atoms with Gasteiger partial charge < -0.3 is 14.8 Å². The Morgan fingerprint density at radius 1 is 1.20 bits per heavy atom. The van der Waals surface area contributed by atoms with Gasteiger partial charge in [-0.3, -0.25) is 4.98 Å². The molecule has 1 aromatic carbocycles. The summed E-state index contributed by atoms with van der Waals surface area (Å²) in [6.07, 6.45) is 1.77. The van der Waals surface area contributed by atoms with Crippen molar-refractivity contribution in [2.24, 2.45) is 0 Å². The Hall–Kier alpha value is -1.94. The summed E-state index contributed by atoms with van der Waals surface area (Å²) in [6, 6.07) is 7.64. The van der Waals surface area contributed by atoms with Crippen LogP contribution in [-0.4, -0.2) is 19.2 Å². The van der Waals surface area contributed by atoms with E-state index in [0.29, 0.717) is 23.1 Å². The Kier molecular flexibility index (Phi) is 4.69. The summed E-state index contributed by atoms with van der Waals surface area (Å²) in [7, 11) is 3.16. The second-order valence-electron chi connectivity index (χ2n) is 4.26. The summed E-state index contributed by atoms with van der Waals surface area (Å²) in [5, 5.41) is 3.87. The van der Waals surface area contributed by atoms with Crippen molar-refractivity contribution in [1.29, 1.82) is 0 Å². The van der Waals surface area contributed by atoms with Crippen molar-refractivity contribution < 1.29 is 9.47 Å². The number of pyridine rings is 1. The molecule has 1 heterocycles. The van der Waals surface area contributed by atoms with Crippen LogP contribution in [0.3, 0.4) is 0 Å². The SMILES string of the molecule is COc1ccc(CNc2cccnc2C)c(Cl)c1OC. The second-order valence-corrected chi connectivity index (χ2v) is 4.64. The Morgan fingerprint density at radius 2 is 2.00 bits per heavy atom. The molecule has 0 spiro atoms. The first-order chi connectivity index (χ1) is 9.67. The molecule has 20 heavy (non-hydrogen) atoms. The van der Waals surface area contributed by atoms with Crippen LogP contribution >= 0.6 is 11.6 Å². The molecule has 0 fully saturated rings. The molecule has 0 aliphatic heterocycles. The van der Waals surface area contributed by atoms with E-state index in [1.807, 2.05) is 31.2 Å². The molecule has 0 amide bonds. The van der Waals surface area contributed by atoms with Gasteiger partial charge in [0, 0.05) is 12.7 Å². The molecule has 0 bridgehead atoms. The van der Waals surface area contributed by atoms with Crippen molar-refractivity contribution in [3.63, 3.8) is 0 Å². The molecular formula is C15H17ClN2O2. The fourth-order valence-corrected chi connectivity index (χ4v) is 2.23.